The Kier molecular flexibility index (Phi) is 5.50. The van der Waals surface area contributed by atoms with Gasteiger partial charge in [-0.1, -0.05) is 51.9 Å². The third-order valence-corrected chi connectivity index (χ3v) is 4.73. The normalized spacial score (nSPS) is 32.0. The van der Waals surface area contributed by atoms with Crippen molar-refractivity contribution in [2.24, 2.45) is 11.7 Å². The first-order valence-corrected chi connectivity index (χ1v) is 8.17. The molecule has 1 aliphatic heterocycles. The minimum absolute atomic E-state index is 0.0184. The number of nitrogens with two attached hydrogens (primary N) is 1. The molecule has 0 bridgehead atoms. The molecule has 0 aromatic rings. The Hall–Kier alpha value is -0.0800. The molecule has 0 amide bonds. The summed E-state index contributed by atoms with van der Waals surface area (Å²) in [6, 6.07) is 0. The van der Waals surface area contributed by atoms with Crippen molar-refractivity contribution in [1.29, 1.82) is 0 Å². The number of ether oxygens (including phenoxy) is 1. The summed E-state index contributed by atoms with van der Waals surface area (Å²) < 4.78 is 5.88. The van der Waals surface area contributed by atoms with E-state index in [1.807, 2.05) is 0 Å². The molecule has 0 radical (unpaired) electrons. The van der Waals surface area contributed by atoms with E-state index in [1.54, 1.807) is 0 Å². The minimum Gasteiger partial charge on any atom is -0.376 e. The van der Waals surface area contributed by atoms with Crippen LogP contribution in [0.15, 0.2) is 0 Å². The Bertz CT molecular complexity index is 239. The van der Waals surface area contributed by atoms with Gasteiger partial charge in [-0.2, -0.15) is 0 Å². The lowest BCUT2D eigenvalue weighted by molar-refractivity contribution is 0.0594. The molecule has 2 atom stereocenters. The second-order valence-electron chi connectivity index (χ2n) is 6.48. The molecule has 1 saturated carbocycles. The lowest BCUT2D eigenvalue weighted by Gasteiger charge is -2.30. The molecule has 2 fully saturated rings. The van der Waals surface area contributed by atoms with Crippen molar-refractivity contribution in [1.82, 2.24) is 0 Å². The Morgan fingerprint density at radius 1 is 1.06 bits per heavy atom. The molecule has 2 nitrogen and oxygen atoms in total. The van der Waals surface area contributed by atoms with Crippen molar-refractivity contribution in [2.75, 3.05) is 6.61 Å². The fourth-order valence-corrected chi connectivity index (χ4v) is 3.37. The van der Waals surface area contributed by atoms with Gasteiger partial charge in [0.05, 0.1) is 6.10 Å². The first-order chi connectivity index (χ1) is 8.76. The van der Waals surface area contributed by atoms with E-state index < -0.39 is 0 Å². The van der Waals surface area contributed by atoms with E-state index in [0.717, 1.165) is 18.9 Å². The van der Waals surface area contributed by atoms with Crippen LogP contribution in [-0.4, -0.2) is 18.2 Å². The molecule has 2 N–H and O–H groups in total. The molecule has 1 saturated heterocycles. The van der Waals surface area contributed by atoms with E-state index in [-0.39, 0.29) is 5.54 Å². The van der Waals surface area contributed by atoms with Gasteiger partial charge in [0, 0.05) is 12.1 Å². The van der Waals surface area contributed by atoms with Crippen LogP contribution >= 0.6 is 0 Å². The maximum atomic E-state index is 6.58. The third kappa shape index (κ3) is 3.96. The summed E-state index contributed by atoms with van der Waals surface area (Å²) in [5.41, 5.74) is 6.60. The second-order valence-corrected chi connectivity index (χ2v) is 6.48. The molecule has 0 aromatic heterocycles. The molecular weight excluding hydrogens is 222 g/mol. The molecule has 2 heteroatoms. The maximum Gasteiger partial charge on any atom is 0.0783 e. The summed E-state index contributed by atoms with van der Waals surface area (Å²) >= 11 is 0. The minimum atomic E-state index is 0.0184. The molecule has 18 heavy (non-hydrogen) atoms. The van der Waals surface area contributed by atoms with Crippen molar-refractivity contribution in [3.8, 4) is 0 Å². The van der Waals surface area contributed by atoms with Gasteiger partial charge < -0.3 is 10.5 Å². The van der Waals surface area contributed by atoms with E-state index in [1.165, 1.54) is 64.2 Å². The van der Waals surface area contributed by atoms with Gasteiger partial charge in [-0.05, 0) is 31.6 Å². The highest BCUT2D eigenvalue weighted by Gasteiger charge is 2.48. The van der Waals surface area contributed by atoms with Gasteiger partial charge >= 0.3 is 0 Å². The van der Waals surface area contributed by atoms with Crippen LogP contribution in [0.2, 0.25) is 0 Å². The lowest BCUT2D eigenvalue weighted by atomic mass is 9.84. The zero-order valence-electron chi connectivity index (χ0n) is 12.1. The predicted octanol–water partition coefficient (Wildman–Crippen LogP) is 4.02. The van der Waals surface area contributed by atoms with Gasteiger partial charge in [0.1, 0.15) is 0 Å². The molecule has 1 heterocycles. The van der Waals surface area contributed by atoms with Crippen molar-refractivity contribution in [3.05, 3.63) is 0 Å². The molecule has 2 rings (SSSR count). The predicted molar refractivity (Wildman–Crippen MR) is 76.6 cm³/mol. The fraction of sp³-hybridized carbons (Fsp3) is 1.00. The smallest absolute Gasteiger partial charge is 0.0783 e. The Balaban J connectivity index is 1.57. The first-order valence-electron chi connectivity index (χ1n) is 8.17. The van der Waals surface area contributed by atoms with Gasteiger partial charge in [-0.25, -0.2) is 0 Å². The van der Waals surface area contributed by atoms with E-state index in [9.17, 15) is 0 Å². The number of hydrogen-bond acceptors (Lipinski definition) is 2. The Morgan fingerprint density at radius 3 is 2.39 bits per heavy atom. The van der Waals surface area contributed by atoms with Crippen LogP contribution in [0.3, 0.4) is 0 Å². The van der Waals surface area contributed by atoms with E-state index in [2.05, 4.69) is 6.92 Å². The van der Waals surface area contributed by atoms with Gasteiger partial charge in [-0.3, -0.25) is 0 Å². The SMILES string of the molecule is CCCCCCCCCC1(N)CCOC1C1CC1. The van der Waals surface area contributed by atoms with Gasteiger partial charge in [0.15, 0.2) is 0 Å². The summed E-state index contributed by atoms with van der Waals surface area (Å²) in [6.45, 7) is 3.17. The average Bonchev–Trinajstić information content (AvgIpc) is 3.12. The number of rotatable bonds is 9. The van der Waals surface area contributed by atoms with Gasteiger partial charge in [0.25, 0.3) is 0 Å². The monoisotopic (exact) mass is 253 g/mol. The lowest BCUT2D eigenvalue weighted by Crippen LogP contribution is -2.48. The zero-order chi connectivity index (χ0) is 12.8. The average molecular weight is 253 g/mol. The van der Waals surface area contributed by atoms with Crippen LogP contribution in [-0.2, 0) is 4.74 Å². The molecule has 0 aromatic carbocycles. The first kappa shape index (κ1) is 14.3. The van der Waals surface area contributed by atoms with Crippen molar-refractivity contribution in [3.63, 3.8) is 0 Å². The second kappa shape index (κ2) is 6.91. The summed E-state index contributed by atoms with van der Waals surface area (Å²) in [5, 5.41) is 0. The Labute approximate surface area is 113 Å². The Morgan fingerprint density at radius 2 is 1.72 bits per heavy atom. The fourth-order valence-electron chi connectivity index (χ4n) is 3.37. The van der Waals surface area contributed by atoms with Crippen LogP contribution < -0.4 is 5.73 Å². The molecule has 2 unspecified atom stereocenters. The quantitative estimate of drug-likeness (QED) is 0.630. The third-order valence-electron chi connectivity index (χ3n) is 4.73. The highest BCUT2D eigenvalue weighted by atomic mass is 16.5. The molecule has 2 aliphatic rings. The summed E-state index contributed by atoms with van der Waals surface area (Å²) in [4.78, 5) is 0. The van der Waals surface area contributed by atoms with Crippen molar-refractivity contribution >= 4 is 0 Å². The summed E-state index contributed by atoms with van der Waals surface area (Å²) in [5.74, 6) is 0.794. The highest BCUT2D eigenvalue weighted by molar-refractivity contribution is 5.03. The van der Waals surface area contributed by atoms with E-state index in [0.29, 0.717) is 6.10 Å². The van der Waals surface area contributed by atoms with Crippen molar-refractivity contribution in [2.45, 2.75) is 89.2 Å². The molecule has 0 spiro atoms. The van der Waals surface area contributed by atoms with Crippen LogP contribution in [0.1, 0.15) is 77.6 Å². The number of hydrogen-bond donors (Lipinski definition) is 1. The van der Waals surface area contributed by atoms with E-state index in [4.69, 9.17) is 10.5 Å². The van der Waals surface area contributed by atoms with E-state index >= 15 is 0 Å². The van der Waals surface area contributed by atoms with Crippen LogP contribution in [0.5, 0.6) is 0 Å². The topological polar surface area (TPSA) is 35.2 Å². The molecular formula is C16H31NO. The van der Waals surface area contributed by atoms with Gasteiger partial charge in [0.2, 0.25) is 0 Å². The maximum absolute atomic E-state index is 6.58. The molecule has 1 aliphatic carbocycles. The number of unbranched alkanes of at least 4 members (excludes halogenated alkanes) is 6. The van der Waals surface area contributed by atoms with Crippen LogP contribution in [0, 0.1) is 5.92 Å². The van der Waals surface area contributed by atoms with Crippen molar-refractivity contribution < 1.29 is 4.74 Å². The van der Waals surface area contributed by atoms with Gasteiger partial charge in [-0.15, -0.1) is 0 Å². The van der Waals surface area contributed by atoms with Crippen LogP contribution in [0.25, 0.3) is 0 Å². The highest BCUT2D eigenvalue weighted by Crippen LogP contribution is 2.44. The zero-order valence-corrected chi connectivity index (χ0v) is 12.1. The standard InChI is InChI=1S/C16H31NO/c1-2-3-4-5-6-7-8-11-16(17)12-13-18-15(16)14-9-10-14/h14-15H,2-13,17H2,1H3. The summed E-state index contributed by atoms with van der Waals surface area (Å²) in [6.07, 6.45) is 15.0. The summed E-state index contributed by atoms with van der Waals surface area (Å²) in [7, 11) is 0. The molecule has 106 valence electrons. The van der Waals surface area contributed by atoms with Crippen LogP contribution in [0.4, 0.5) is 0 Å². The largest absolute Gasteiger partial charge is 0.376 e.